The van der Waals surface area contributed by atoms with Gasteiger partial charge < -0.3 is 10.2 Å². The third-order valence-corrected chi connectivity index (χ3v) is 4.61. The summed E-state index contributed by atoms with van der Waals surface area (Å²) in [5.74, 6) is 0.0624. The third-order valence-electron chi connectivity index (χ3n) is 4.61. The molecule has 3 heteroatoms. The Hall–Kier alpha value is -3.07. The van der Waals surface area contributed by atoms with Gasteiger partial charge in [-0.3, -0.25) is 4.79 Å². The van der Waals surface area contributed by atoms with Gasteiger partial charge >= 0.3 is 0 Å². The van der Waals surface area contributed by atoms with Gasteiger partial charge in [-0.15, -0.1) is 0 Å². The smallest absolute Gasteiger partial charge is 0.224 e. The molecule has 0 fully saturated rings. The number of amides is 1. The van der Waals surface area contributed by atoms with Crippen molar-refractivity contribution in [3.8, 4) is 11.1 Å². The molecule has 0 saturated heterocycles. The first-order chi connectivity index (χ1) is 13.1. The minimum Gasteiger partial charge on any atom is -0.378 e. The predicted octanol–water partition coefficient (Wildman–Crippen LogP) is 4.32. The van der Waals surface area contributed by atoms with Crippen LogP contribution in [0.15, 0.2) is 78.9 Å². The van der Waals surface area contributed by atoms with Crippen molar-refractivity contribution in [3.05, 3.63) is 90.0 Å². The Labute approximate surface area is 161 Å². The number of rotatable bonds is 7. The molecule has 0 atom stereocenters. The van der Waals surface area contributed by atoms with Crippen LogP contribution in [0.25, 0.3) is 11.1 Å². The standard InChI is InChI=1S/C24H26N2O/c1-26(2)23-14-10-19(11-15-23)16-17-25-24(27)18-20-8-12-22(13-9-20)21-6-4-3-5-7-21/h3-15H,16-18H2,1-2H3,(H,25,27). The Balaban J connectivity index is 1.46. The van der Waals surface area contributed by atoms with Gasteiger partial charge in [0.2, 0.25) is 5.91 Å². The van der Waals surface area contributed by atoms with Crippen molar-refractivity contribution >= 4 is 11.6 Å². The van der Waals surface area contributed by atoms with E-state index in [0.29, 0.717) is 13.0 Å². The van der Waals surface area contributed by atoms with E-state index >= 15 is 0 Å². The molecule has 1 amide bonds. The molecule has 27 heavy (non-hydrogen) atoms. The average molecular weight is 358 g/mol. The van der Waals surface area contributed by atoms with Gasteiger partial charge in [-0.2, -0.15) is 0 Å². The Morgan fingerprint density at radius 3 is 2.00 bits per heavy atom. The number of hydrogen-bond acceptors (Lipinski definition) is 2. The predicted molar refractivity (Wildman–Crippen MR) is 113 cm³/mol. The van der Waals surface area contributed by atoms with Gasteiger partial charge in [-0.05, 0) is 40.8 Å². The van der Waals surface area contributed by atoms with Crippen molar-refractivity contribution in [2.75, 3.05) is 25.5 Å². The highest BCUT2D eigenvalue weighted by atomic mass is 16.1. The third kappa shape index (κ3) is 5.45. The summed E-state index contributed by atoms with van der Waals surface area (Å²) < 4.78 is 0. The molecule has 0 saturated carbocycles. The highest BCUT2D eigenvalue weighted by Gasteiger charge is 2.04. The van der Waals surface area contributed by atoms with Crippen molar-refractivity contribution in [2.24, 2.45) is 0 Å². The first-order valence-corrected chi connectivity index (χ1v) is 9.29. The van der Waals surface area contributed by atoms with Crippen LogP contribution in [0.5, 0.6) is 0 Å². The molecule has 3 rings (SSSR count). The summed E-state index contributed by atoms with van der Waals surface area (Å²) >= 11 is 0. The lowest BCUT2D eigenvalue weighted by Crippen LogP contribution is -2.27. The molecule has 3 nitrogen and oxygen atoms in total. The molecular weight excluding hydrogens is 332 g/mol. The van der Waals surface area contributed by atoms with Crippen LogP contribution in [0, 0.1) is 0 Å². The largest absolute Gasteiger partial charge is 0.378 e. The van der Waals surface area contributed by atoms with Crippen molar-refractivity contribution in [1.82, 2.24) is 5.32 Å². The molecule has 0 aromatic heterocycles. The van der Waals surface area contributed by atoms with E-state index in [-0.39, 0.29) is 5.91 Å². The average Bonchev–Trinajstić information content (AvgIpc) is 2.69. The number of anilines is 1. The summed E-state index contributed by atoms with van der Waals surface area (Å²) in [4.78, 5) is 14.3. The second kappa shape index (κ2) is 9.04. The van der Waals surface area contributed by atoms with Crippen LogP contribution in [0.3, 0.4) is 0 Å². The maximum atomic E-state index is 12.2. The lowest BCUT2D eigenvalue weighted by Gasteiger charge is -2.12. The van der Waals surface area contributed by atoms with E-state index in [0.717, 1.165) is 12.0 Å². The van der Waals surface area contributed by atoms with Crippen LogP contribution in [0.4, 0.5) is 5.69 Å². The quantitative estimate of drug-likeness (QED) is 0.682. The van der Waals surface area contributed by atoms with Crippen LogP contribution in [-0.4, -0.2) is 26.5 Å². The van der Waals surface area contributed by atoms with Crippen LogP contribution >= 0.6 is 0 Å². The maximum absolute atomic E-state index is 12.2. The Morgan fingerprint density at radius 2 is 1.37 bits per heavy atom. The molecule has 0 radical (unpaired) electrons. The van der Waals surface area contributed by atoms with E-state index in [2.05, 4.69) is 58.7 Å². The Kier molecular flexibility index (Phi) is 6.26. The van der Waals surface area contributed by atoms with E-state index in [1.54, 1.807) is 0 Å². The fraction of sp³-hybridized carbons (Fsp3) is 0.208. The summed E-state index contributed by atoms with van der Waals surface area (Å²) in [6.45, 7) is 0.655. The van der Waals surface area contributed by atoms with Gasteiger partial charge in [0.05, 0.1) is 6.42 Å². The van der Waals surface area contributed by atoms with E-state index in [1.165, 1.54) is 22.4 Å². The molecular formula is C24H26N2O. The van der Waals surface area contributed by atoms with Crippen LogP contribution in [0.2, 0.25) is 0 Å². The number of hydrogen-bond donors (Lipinski definition) is 1. The maximum Gasteiger partial charge on any atom is 0.224 e. The Bertz CT molecular complexity index is 853. The lowest BCUT2D eigenvalue weighted by molar-refractivity contribution is -0.120. The fourth-order valence-corrected chi connectivity index (χ4v) is 3.00. The van der Waals surface area contributed by atoms with Crippen LogP contribution in [-0.2, 0) is 17.6 Å². The highest BCUT2D eigenvalue weighted by Crippen LogP contribution is 2.19. The van der Waals surface area contributed by atoms with Gasteiger partial charge in [0, 0.05) is 26.3 Å². The van der Waals surface area contributed by atoms with Gasteiger partial charge in [-0.25, -0.2) is 0 Å². The lowest BCUT2D eigenvalue weighted by atomic mass is 10.0. The fourth-order valence-electron chi connectivity index (χ4n) is 3.00. The molecule has 138 valence electrons. The molecule has 0 bridgehead atoms. The van der Waals surface area contributed by atoms with Crippen LogP contribution in [0.1, 0.15) is 11.1 Å². The van der Waals surface area contributed by atoms with Gasteiger partial charge in [-0.1, -0.05) is 66.7 Å². The topological polar surface area (TPSA) is 32.3 Å². The Morgan fingerprint density at radius 1 is 0.778 bits per heavy atom. The number of benzene rings is 3. The second-order valence-corrected chi connectivity index (χ2v) is 6.90. The monoisotopic (exact) mass is 358 g/mol. The first-order valence-electron chi connectivity index (χ1n) is 9.29. The summed E-state index contributed by atoms with van der Waals surface area (Å²) in [6, 6.07) is 26.9. The number of carbonyl (C=O) groups excluding carboxylic acids is 1. The molecule has 3 aromatic carbocycles. The zero-order valence-corrected chi connectivity index (χ0v) is 16.0. The molecule has 0 unspecified atom stereocenters. The van der Waals surface area contributed by atoms with Crippen molar-refractivity contribution in [2.45, 2.75) is 12.8 Å². The molecule has 0 heterocycles. The summed E-state index contributed by atoms with van der Waals surface area (Å²) in [5.41, 5.74) is 5.80. The molecule has 0 aliphatic rings. The van der Waals surface area contributed by atoms with Gasteiger partial charge in [0.25, 0.3) is 0 Å². The number of nitrogens with zero attached hydrogens (tertiary/aromatic N) is 1. The summed E-state index contributed by atoms with van der Waals surface area (Å²) in [6.07, 6.45) is 1.25. The van der Waals surface area contributed by atoms with E-state index in [1.807, 2.05) is 44.4 Å². The van der Waals surface area contributed by atoms with Gasteiger partial charge in [0.1, 0.15) is 0 Å². The van der Waals surface area contributed by atoms with Crippen molar-refractivity contribution < 1.29 is 4.79 Å². The molecule has 0 aliphatic heterocycles. The molecule has 0 spiro atoms. The SMILES string of the molecule is CN(C)c1ccc(CCNC(=O)Cc2ccc(-c3ccccc3)cc2)cc1. The second-order valence-electron chi connectivity index (χ2n) is 6.90. The minimum absolute atomic E-state index is 0.0624. The van der Waals surface area contributed by atoms with Crippen LogP contribution < -0.4 is 10.2 Å². The van der Waals surface area contributed by atoms with Gasteiger partial charge in [0.15, 0.2) is 0 Å². The summed E-state index contributed by atoms with van der Waals surface area (Å²) in [7, 11) is 4.06. The van der Waals surface area contributed by atoms with E-state index < -0.39 is 0 Å². The normalized spacial score (nSPS) is 10.4. The zero-order valence-electron chi connectivity index (χ0n) is 16.0. The molecule has 1 N–H and O–H groups in total. The van der Waals surface area contributed by atoms with E-state index in [9.17, 15) is 4.79 Å². The van der Waals surface area contributed by atoms with E-state index in [4.69, 9.17) is 0 Å². The zero-order chi connectivity index (χ0) is 19.1. The minimum atomic E-state index is 0.0624. The van der Waals surface area contributed by atoms with Crippen molar-refractivity contribution in [3.63, 3.8) is 0 Å². The first kappa shape index (κ1) is 18.7. The number of nitrogens with one attached hydrogen (secondary N) is 1. The summed E-state index contributed by atoms with van der Waals surface area (Å²) in [5, 5.41) is 3.01. The number of carbonyl (C=O) groups is 1. The van der Waals surface area contributed by atoms with Crippen molar-refractivity contribution in [1.29, 1.82) is 0 Å². The highest BCUT2D eigenvalue weighted by molar-refractivity contribution is 5.78. The molecule has 0 aliphatic carbocycles. The molecule has 3 aromatic rings.